The maximum Gasteiger partial charge on any atom is 0.264 e. The summed E-state index contributed by atoms with van der Waals surface area (Å²) in [6.07, 6.45) is 1.78. The Morgan fingerprint density at radius 1 is 1.09 bits per heavy atom. The molecule has 3 aromatic rings. The lowest BCUT2D eigenvalue weighted by atomic mass is 10.1. The van der Waals surface area contributed by atoms with E-state index in [-0.39, 0.29) is 5.91 Å². The van der Waals surface area contributed by atoms with Crippen LogP contribution in [0.25, 0.3) is 6.08 Å². The van der Waals surface area contributed by atoms with Crippen LogP contribution in [0.15, 0.2) is 82.7 Å². The van der Waals surface area contributed by atoms with E-state index in [1.54, 1.807) is 30.3 Å². The molecule has 160 valence electrons. The summed E-state index contributed by atoms with van der Waals surface area (Å²) in [4.78, 5) is 28.9. The zero-order valence-electron chi connectivity index (χ0n) is 17.4. The number of hydrogen-bond donors (Lipinski definition) is 2. The Kier molecular flexibility index (Phi) is 6.37. The van der Waals surface area contributed by atoms with E-state index in [0.717, 1.165) is 11.1 Å². The molecule has 0 bridgehead atoms. The smallest absolute Gasteiger partial charge is 0.264 e. The van der Waals surface area contributed by atoms with Crippen molar-refractivity contribution in [2.24, 2.45) is 10.7 Å². The number of hydrogen-bond acceptors (Lipinski definition) is 5. The lowest BCUT2D eigenvalue weighted by molar-refractivity contribution is -0.115. The fourth-order valence-electron chi connectivity index (χ4n) is 3.07. The highest BCUT2D eigenvalue weighted by Crippen LogP contribution is 2.30. The molecule has 0 unspecified atom stereocenters. The predicted molar refractivity (Wildman–Crippen MR) is 128 cm³/mol. The van der Waals surface area contributed by atoms with Crippen LogP contribution in [0.2, 0.25) is 0 Å². The molecule has 0 radical (unpaired) electrons. The molecule has 1 saturated heterocycles. The Balaban J connectivity index is 1.48. The van der Waals surface area contributed by atoms with Gasteiger partial charge in [-0.25, -0.2) is 4.99 Å². The van der Waals surface area contributed by atoms with Gasteiger partial charge in [-0.15, -0.1) is 0 Å². The van der Waals surface area contributed by atoms with Crippen LogP contribution in [0.1, 0.15) is 27.0 Å². The molecule has 1 aliphatic rings. The molecule has 4 rings (SSSR count). The average molecular weight is 444 g/mol. The lowest BCUT2D eigenvalue weighted by Gasteiger charge is -2.07. The molecule has 32 heavy (non-hydrogen) atoms. The van der Waals surface area contributed by atoms with Crippen molar-refractivity contribution in [2.75, 3.05) is 0 Å². The van der Waals surface area contributed by atoms with Gasteiger partial charge >= 0.3 is 0 Å². The molecule has 2 amide bonds. The molecule has 6 nitrogen and oxygen atoms in total. The maximum absolute atomic E-state index is 12.4. The monoisotopic (exact) mass is 443 g/mol. The second-order valence-electron chi connectivity index (χ2n) is 7.21. The van der Waals surface area contributed by atoms with Gasteiger partial charge in [-0.1, -0.05) is 54.1 Å². The summed E-state index contributed by atoms with van der Waals surface area (Å²) >= 11 is 1.20. The first-order valence-electron chi connectivity index (χ1n) is 9.95. The Hall–Kier alpha value is -3.84. The highest BCUT2D eigenvalue weighted by atomic mass is 32.2. The maximum atomic E-state index is 12.4. The van der Waals surface area contributed by atoms with E-state index in [0.29, 0.717) is 33.7 Å². The number of aliphatic imine (C=N–C) groups is 1. The highest BCUT2D eigenvalue weighted by Gasteiger charge is 2.24. The second-order valence-corrected chi connectivity index (χ2v) is 8.24. The summed E-state index contributed by atoms with van der Waals surface area (Å²) in [5.74, 6) is -0.110. The highest BCUT2D eigenvalue weighted by molar-refractivity contribution is 8.18. The first kappa shape index (κ1) is 21.4. The molecule has 0 atom stereocenters. The van der Waals surface area contributed by atoms with Crippen LogP contribution in [0.3, 0.4) is 0 Å². The van der Waals surface area contributed by atoms with Gasteiger partial charge in [0.05, 0.1) is 16.2 Å². The summed E-state index contributed by atoms with van der Waals surface area (Å²) in [5.41, 5.74) is 9.24. The molecule has 3 N–H and O–H groups in total. The first-order valence-corrected chi connectivity index (χ1v) is 10.8. The summed E-state index contributed by atoms with van der Waals surface area (Å²) < 4.78 is 5.90. The molecular formula is C25H21N3O3S. The van der Waals surface area contributed by atoms with Gasteiger partial charge in [-0.05, 0) is 60.2 Å². The van der Waals surface area contributed by atoms with Gasteiger partial charge in [0.25, 0.3) is 11.8 Å². The van der Waals surface area contributed by atoms with Crippen molar-refractivity contribution in [2.45, 2.75) is 13.5 Å². The fourth-order valence-corrected chi connectivity index (χ4v) is 3.90. The number of ether oxygens (including phenoxy) is 1. The molecule has 0 aromatic heterocycles. The van der Waals surface area contributed by atoms with Crippen LogP contribution in [0.4, 0.5) is 5.69 Å². The number of aryl methyl sites for hydroxylation is 1. The number of thioether (sulfide) groups is 1. The molecular weight excluding hydrogens is 422 g/mol. The SMILES string of the molecule is Cc1ccc(COc2cccc(/C=C3\SC(=Nc4ccccc4C(N)=O)NC3=O)c2)cc1. The van der Waals surface area contributed by atoms with Crippen molar-refractivity contribution in [3.63, 3.8) is 0 Å². The van der Waals surface area contributed by atoms with Crippen molar-refractivity contribution in [1.29, 1.82) is 0 Å². The number of primary amides is 1. The van der Waals surface area contributed by atoms with Crippen LogP contribution in [-0.4, -0.2) is 17.0 Å². The van der Waals surface area contributed by atoms with Gasteiger partial charge in [0.1, 0.15) is 12.4 Å². The average Bonchev–Trinajstić information content (AvgIpc) is 3.12. The zero-order chi connectivity index (χ0) is 22.5. The minimum absolute atomic E-state index is 0.253. The van der Waals surface area contributed by atoms with Crippen LogP contribution in [0.5, 0.6) is 5.75 Å². The minimum Gasteiger partial charge on any atom is -0.489 e. The largest absolute Gasteiger partial charge is 0.489 e. The van der Waals surface area contributed by atoms with Crippen LogP contribution < -0.4 is 15.8 Å². The van der Waals surface area contributed by atoms with E-state index in [9.17, 15) is 9.59 Å². The van der Waals surface area contributed by atoms with E-state index < -0.39 is 5.91 Å². The number of amides is 2. The quantitative estimate of drug-likeness (QED) is 0.546. The second kappa shape index (κ2) is 9.53. The number of nitrogens with two attached hydrogens (primary N) is 1. The van der Waals surface area contributed by atoms with Crippen LogP contribution in [0, 0.1) is 6.92 Å². The van der Waals surface area contributed by atoms with Gasteiger partial charge in [-0.3, -0.25) is 9.59 Å². The van der Waals surface area contributed by atoms with Crippen molar-refractivity contribution in [1.82, 2.24) is 5.32 Å². The van der Waals surface area contributed by atoms with Crippen molar-refractivity contribution >= 4 is 40.5 Å². The lowest BCUT2D eigenvalue weighted by Crippen LogP contribution is -2.19. The first-order chi connectivity index (χ1) is 15.5. The Morgan fingerprint density at radius 2 is 1.88 bits per heavy atom. The third-order valence-corrected chi connectivity index (χ3v) is 5.63. The molecule has 0 spiro atoms. The van der Waals surface area contributed by atoms with Crippen molar-refractivity contribution in [3.8, 4) is 5.75 Å². The molecule has 0 saturated carbocycles. The third kappa shape index (κ3) is 5.25. The molecule has 1 heterocycles. The predicted octanol–water partition coefficient (Wildman–Crippen LogP) is 4.56. The third-order valence-electron chi connectivity index (χ3n) is 4.72. The Morgan fingerprint density at radius 3 is 2.66 bits per heavy atom. The van der Waals surface area contributed by atoms with Crippen LogP contribution in [-0.2, 0) is 11.4 Å². The number of nitrogens with zero attached hydrogens (tertiary/aromatic N) is 1. The summed E-state index contributed by atoms with van der Waals surface area (Å²) in [5, 5.41) is 3.12. The number of para-hydroxylation sites is 1. The number of rotatable bonds is 6. The number of amidine groups is 1. The van der Waals surface area contributed by atoms with Gasteiger partial charge in [0.15, 0.2) is 5.17 Å². The number of carbonyl (C=O) groups excluding carboxylic acids is 2. The van der Waals surface area contributed by atoms with E-state index >= 15 is 0 Å². The van der Waals surface area contributed by atoms with Crippen molar-refractivity contribution in [3.05, 3.63) is 100.0 Å². The Bertz CT molecular complexity index is 1230. The van der Waals surface area contributed by atoms with Gasteiger partial charge < -0.3 is 15.8 Å². The normalized spacial score (nSPS) is 15.7. The molecule has 0 aliphatic carbocycles. The molecule has 7 heteroatoms. The Labute approximate surface area is 190 Å². The number of nitrogens with one attached hydrogen (secondary N) is 1. The van der Waals surface area contributed by atoms with E-state index in [2.05, 4.69) is 22.4 Å². The van der Waals surface area contributed by atoms with Gasteiger partial charge in [0, 0.05) is 0 Å². The molecule has 3 aromatic carbocycles. The number of benzene rings is 3. The minimum atomic E-state index is -0.572. The van der Waals surface area contributed by atoms with E-state index in [1.807, 2.05) is 43.3 Å². The standard InChI is InChI=1S/C25H21N3O3S/c1-16-9-11-17(12-10-16)15-31-19-6-4-5-18(13-19)14-22-24(30)28-25(32-22)27-21-8-3-2-7-20(21)23(26)29/h2-14H,15H2,1H3,(H2,26,29)(H,27,28,30)/b22-14-. The van der Waals surface area contributed by atoms with Gasteiger partial charge in [0.2, 0.25) is 0 Å². The molecule has 1 aliphatic heterocycles. The van der Waals surface area contributed by atoms with Crippen LogP contribution >= 0.6 is 11.8 Å². The van der Waals surface area contributed by atoms with Crippen molar-refractivity contribution < 1.29 is 14.3 Å². The topological polar surface area (TPSA) is 93.8 Å². The summed E-state index contributed by atoms with van der Waals surface area (Å²) in [7, 11) is 0. The number of carbonyl (C=O) groups is 2. The summed E-state index contributed by atoms with van der Waals surface area (Å²) in [6, 6.07) is 22.5. The fraction of sp³-hybridized carbons (Fsp3) is 0.0800. The molecule has 1 fully saturated rings. The van der Waals surface area contributed by atoms with E-state index in [1.165, 1.54) is 17.3 Å². The van der Waals surface area contributed by atoms with E-state index in [4.69, 9.17) is 10.5 Å². The van der Waals surface area contributed by atoms with Gasteiger partial charge in [-0.2, -0.15) is 0 Å². The summed E-state index contributed by atoms with van der Waals surface area (Å²) in [6.45, 7) is 2.51. The zero-order valence-corrected chi connectivity index (χ0v) is 18.2.